The van der Waals surface area contributed by atoms with Crippen molar-refractivity contribution in [2.75, 3.05) is 32.0 Å². The summed E-state index contributed by atoms with van der Waals surface area (Å²) in [5.41, 5.74) is 2.19. The van der Waals surface area contributed by atoms with Crippen LogP contribution in [0.2, 0.25) is 0 Å². The predicted octanol–water partition coefficient (Wildman–Crippen LogP) is 5.94. The fourth-order valence-corrected chi connectivity index (χ4v) is 5.79. The highest BCUT2D eigenvalue weighted by Gasteiger charge is 2.34. The Labute approximate surface area is 255 Å². The number of hydrogen-bond acceptors (Lipinski definition) is 6. The molecule has 2 aliphatic heterocycles. The minimum Gasteiger partial charge on any atom is -0.486 e. The van der Waals surface area contributed by atoms with Gasteiger partial charge in [0.15, 0.2) is 5.75 Å². The second-order valence-corrected chi connectivity index (χ2v) is 12.1. The quantitative estimate of drug-likeness (QED) is 0.324. The van der Waals surface area contributed by atoms with E-state index in [2.05, 4.69) is 41.6 Å². The van der Waals surface area contributed by atoms with Crippen molar-refractivity contribution >= 4 is 17.5 Å². The Bertz CT molecular complexity index is 1370. The van der Waals surface area contributed by atoms with Crippen molar-refractivity contribution in [2.45, 2.75) is 64.8 Å². The highest BCUT2D eigenvalue weighted by Crippen LogP contribution is 2.35. The summed E-state index contributed by atoms with van der Waals surface area (Å²) in [6.07, 6.45) is 2.69. The lowest BCUT2D eigenvalue weighted by atomic mass is 9.98. The summed E-state index contributed by atoms with van der Waals surface area (Å²) in [6.45, 7) is 9.01. The molecule has 8 nitrogen and oxygen atoms in total. The average molecular weight is 585 g/mol. The Morgan fingerprint density at radius 3 is 2.49 bits per heavy atom. The molecule has 1 saturated heterocycles. The Morgan fingerprint density at radius 1 is 1.05 bits per heavy atom. The van der Waals surface area contributed by atoms with Gasteiger partial charge in [-0.15, -0.1) is 0 Å². The van der Waals surface area contributed by atoms with Gasteiger partial charge in [0, 0.05) is 31.6 Å². The maximum atomic E-state index is 13.7. The lowest BCUT2D eigenvalue weighted by Gasteiger charge is -2.38. The second kappa shape index (κ2) is 14.1. The molecule has 2 amide bonds. The van der Waals surface area contributed by atoms with Crippen LogP contribution >= 0.6 is 0 Å². The first-order valence-electron chi connectivity index (χ1n) is 15.4. The number of nitrogens with one attached hydrogen (secondary N) is 2. The van der Waals surface area contributed by atoms with Gasteiger partial charge < -0.3 is 25.0 Å². The van der Waals surface area contributed by atoms with Crippen LogP contribution in [0.3, 0.4) is 0 Å². The van der Waals surface area contributed by atoms with Crippen molar-refractivity contribution in [3.63, 3.8) is 0 Å². The number of piperidine rings is 1. The molecule has 0 saturated carbocycles. The number of amides is 2. The molecule has 3 atom stereocenters. The van der Waals surface area contributed by atoms with Crippen molar-refractivity contribution in [3.8, 4) is 17.2 Å². The largest absolute Gasteiger partial charge is 0.486 e. The van der Waals surface area contributed by atoms with E-state index in [1.54, 1.807) is 6.07 Å². The normalized spacial score (nSPS) is 20.7. The molecule has 1 fully saturated rings. The van der Waals surface area contributed by atoms with Gasteiger partial charge in [0.2, 0.25) is 5.91 Å². The molecule has 2 aliphatic rings. The first kappa shape index (κ1) is 30.6. The molecule has 2 N–H and O–H groups in total. The summed E-state index contributed by atoms with van der Waals surface area (Å²) in [6, 6.07) is 23.1. The number of rotatable bonds is 9. The molecule has 0 spiro atoms. The van der Waals surface area contributed by atoms with Crippen LogP contribution in [0.5, 0.6) is 17.2 Å². The predicted molar refractivity (Wildman–Crippen MR) is 170 cm³/mol. The molecule has 8 heteroatoms. The monoisotopic (exact) mass is 584 g/mol. The van der Waals surface area contributed by atoms with Crippen LogP contribution < -0.4 is 20.1 Å². The topological polar surface area (TPSA) is 83.1 Å². The summed E-state index contributed by atoms with van der Waals surface area (Å²) in [5.74, 6) is 1.95. The fraction of sp³-hybridized carbons (Fsp3) is 0.429. The first-order chi connectivity index (χ1) is 20.8. The van der Waals surface area contributed by atoms with E-state index < -0.39 is 0 Å². The summed E-state index contributed by atoms with van der Waals surface area (Å²) >= 11 is 0. The Hall–Kier alpha value is -3.88. The molecule has 0 radical (unpaired) electrons. The van der Waals surface area contributed by atoms with Crippen LogP contribution in [0, 0.1) is 5.92 Å². The van der Waals surface area contributed by atoms with E-state index in [0.29, 0.717) is 30.1 Å². The maximum Gasteiger partial charge on any atom is 0.257 e. The number of fused-ring (bicyclic) bond motifs is 1. The number of nitrogens with zero attached hydrogens (tertiary/aromatic N) is 2. The average Bonchev–Trinajstić information content (AvgIpc) is 3.01. The number of hydrogen-bond donors (Lipinski definition) is 2. The highest BCUT2D eigenvalue weighted by molar-refractivity contribution is 6.02. The summed E-state index contributed by atoms with van der Waals surface area (Å²) in [7, 11) is 2.08. The number of carbonyl (C=O) groups is 2. The van der Waals surface area contributed by atoms with Crippen LogP contribution in [0.25, 0.3) is 0 Å². The standard InChI is InChI=1S/C35H44N4O4/c1-24(2)39-21-25(3)32(23-38(4)22-26-16-18-28(19-17-26)42-27-11-6-5-7-12-27)43-33-29(35(39)41)13-10-15-30(33)37-34(40)31-14-8-9-20-36-31/h5-7,10-13,15-19,24-25,31-32,36H,8-9,14,20-23H2,1-4H3,(H,37,40). The molecule has 3 aromatic carbocycles. The van der Waals surface area contributed by atoms with Crippen LogP contribution in [-0.2, 0) is 11.3 Å². The summed E-state index contributed by atoms with van der Waals surface area (Å²) < 4.78 is 12.7. The van der Waals surface area contributed by atoms with Gasteiger partial charge in [-0.05, 0) is 82.2 Å². The van der Waals surface area contributed by atoms with Crippen molar-refractivity contribution in [1.29, 1.82) is 0 Å². The molecular weight excluding hydrogens is 540 g/mol. The van der Waals surface area contributed by atoms with E-state index in [-0.39, 0.29) is 35.9 Å². The second-order valence-electron chi connectivity index (χ2n) is 12.1. The van der Waals surface area contributed by atoms with Crippen molar-refractivity contribution in [2.24, 2.45) is 5.92 Å². The number of anilines is 1. The number of likely N-dealkylation sites (N-methyl/N-ethyl adjacent to an activating group) is 1. The maximum absolute atomic E-state index is 13.7. The molecule has 0 aromatic heterocycles. The fourth-order valence-electron chi connectivity index (χ4n) is 5.79. The Balaban J connectivity index is 1.33. The lowest BCUT2D eigenvalue weighted by molar-refractivity contribution is -0.118. The molecule has 2 heterocycles. The van der Waals surface area contributed by atoms with E-state index in [0.717, 1.165) is 49.4 Å². The van der Waals surface area contributed by atoms with Crippen molar-refractivity contribution in [1.82, 2.24) is 15.1 Å². The minimum atomic E-state index is -0.244. The molecule has 5 rings (SSSR count). The molecule has 3 unspecified atom stereocenters. The third-order valence-electron chi connectivity index (χ3n) is 8.25. The molecule has 3 aromatic rings. The summed E-state index contributed by atoms with van der Waals surface area (Å²) in [4.78, 5) is 31.1. The highest BCUT2D eigenvalue weighted by atomic mass is 16.5. The van der Waals surface area contributed by atoms with Gasteiger partial charge in [-0.3, -0.25) is 14.5 Å². The van der Waals surface area contributed by atoms with E-state index in [9.17, 15) is 9.59 Å². The van der Waals surface area contributed by atoms with Crippen LogP contribution in [-0.4, -0.2) is 66.5 Å². The number of benzene rings is 3. The lowest BCUT2D eigenvalue weighted by Crippen LogP contribution is -2.48. The first-order valence-corrected chi connectivity index (χ1v) is 15.4. The number of para-hydroxylation sites is 2. The molecule has 0 bridgehead atoms. The zero-order valence-corrected chi connectivity index (χ0v) is 25.7. The number of ether oxygens (including phenoxy) is 2. The summed E-state index contributed by atoms with van der Waals surface area (Å²) in [5, 5.41) is 6.39. The van der Waals surface area contributed by atoms with E-state index in [1.165, 1.54) is 0 Å². The van der Waals surface area contributed by atoms with Gasteiger partial charge in [-0.25, -0.2) is 0 Å². The SMILES string of the molecule is CC1CN(C(C)C)C(=O)c2cccc(NC(=O)C3CCCCN3)c2OC1CN(C)Cc1ccc(Oc2ccccc2)cc1. The smallest absolute Gasteiger partial charge is 0.257 e. The minimum absolute atomic E-state index is 0.0283. The number of carbonyl (C=O) groups excluding carboxylic acids is 2. The van der Waals surface area contributed by atoms with Crippen LogP contribution in [0.1, 0.15) is 56.0 Å². The van der Waals surface area contributed by atoms with E-state index in [4.69, 9.17) is 9.47 Å². The molecular formula is C35H44N4O4. The molecule has 43 heavy (non-hydrogen) atoms. The van der Waals surface area contributed by atoms with Crippen molar-refractivity contribution in [3.05, 3.63) is 83.9 Å². The van der Waals surface area contributed by atoms with Crippen LogP contribution in [0.4, 0.5) is 5.69 Å². The van der Waals surface area contributed by atoms with Crippen molar-refractivity contribution < 1.29 is 19.1 Å². The Kier molecular flexibility index (Phi) is 10.00. The van der Waals surface area contributed by atoms with Gasteiger partial charge in [-0.2, -0.15) is 0 Å². The molecule has 228 valence electrons. The van der Waals surface area contributed by atoms with Gasteiger partial charge in [0.05, 0.1) is 17.3 Å². The third-order valence-corrected chi connectivity index (χ3v) is 8.25. The van der Waals surface area contributed by atoms with Crippen LogP contribution in [0.15, 0.2) is 72.8 Å². The van der Waals surface area contributed by atoms with Gasteiger partial charge in [0.25, 0.3) is 5.91 Å². The van der Waals surface area contributed by atoms with E-state index in [1.807, 2.05) is 73.3 Å². The van der Waals surface area contributed by atoms with Gasteiger partial charge >= 0.3 is 0 Å². The van der Waals surface area contributed by atoms with Gasteiger partial charge in [0.1, 0.15) is 17.6 Å². The third kappa shape index (κ3) is 7.75. The zero-order chi connectivity index (χ0) is 30.3. The zero-order valence-electron chi connectivity index (χ0n) is 25.7. The van der Waals surface area contributed by atoms with E-state index >= 15 is 0 Å². The van der Waals surface area contributed by atoms with Gasteiger partial charge in [-0.1, -0.05) is 49.7 Å². The Morgan fingerprint density at radius 2 is 1.79 bits per heavy atom. The molecule has 0 aliphatic carbocycles.